The highest BCUT2D eigenvalue weighted by atomic mass is 32.2. The molecule has 0 radical (unpaired) electrons. The molecule has 2 N–H and O–H groups in total. The SMILES string of the molecule is CSCCOc1ccc2ccc(-c3nnc4ccc([C@H](C)N5CC[C@H](N)C5)cn34)nc2c1. The molecule has 7 nitrogen and oxygen atoms in total. The number of fused-ring (bicyclic) bond motifs is 2. The third-order valence-corrected chi connectivity index (χ3v) is 6.74. The van der Waals surface area contributed by atoms with Crippen LogP contribution in [-0.2, 0) is 0 Å². The second-order valence-corrected chi connectivity index (χ2v) is 9.31. The molecule has 0 aliphatic carbocycles. The van der Waals surface area contributed by atoms with Gasteiger partial charge < -0.3 is 10.5 Å². The van der Waals surface area contributed by atoms with Crippen molar-refractivity contribution in [3.63, 3.8) is 0 Å². The minimum absolute atomic E-state index is 0.267. The highest BCUT2D eigenvalue weighted by molar-refractivity contribution is 7.98. The normalized spacial score (nSPS) is 17.9. The molecule has 1 aliphatic heterocycles. The Morgan fingerprint density at radius 2 is 2.06 bits per heavy atom. The van der Waals surface area contributed by atoms with E-state index >= 15 is 0 Å². The molecule has 166 valence electrons. The first-order chi connectivity index (χ1) is 15.6. The topological polar surface area (TPSA) is 81.6 Å². The van der Waals surface area contributed by atoms with Crippen molar-refractivity contribution in [2.45, 2.75) is 25.4 Å². The first-order valence-electron chi connectivity index (χ1n) is 11.0. The second kappa shape index (κ2) is 9.05. The lowest BCUT2D eigenvalue weighted by molar-refractivity contribution is 0.259. The van der Waals surface area contributed by atoms with E-state index in [-0.39, 0.29) is 12.1 Å². The Morgan fingerprint density at radius 3 is 2.88 bits per heavy atom. The van der Waals surface area contributed by atoms with E-state index in [0.717, 1.165) is 59.1 Å². The molecule has 32 heavy (non-hydrogen) atoms. The third kappa shape index (κ3) is 4.18. The van der Waals surface area contributed by atoms with E-state index in [9.17, 15) is 0 Å². The number of likely N-dealkylation sites (tertiary alicyclic amines) is 1. The van der Waals surface area contributed by atoms with Gasteiger partial charge in [-0.1, -0.05) is 12.1 Å². The fourth-order valence-electron chi connectivity index (χ4n) is 4.26. The van der Waals surface area contributed by atoms with Gasteiger partial charge in [-0.3, -0.25) is 9.30 Å². The molecule has 0 saturated carbocycles. The summed E-state index contributed by atoms with van der Waals surface area (Å²) >= 11 is 1.77. The van der Waals surface area contributed by atoms with Crippen LogP contribution in [0, 0.1) is 0 Å². The van der Waals surface area contributed by atoms with Crippen LogP contribution < -0.4 is 10.5 Å². The number of pyridine rings is 2. The number of hydrogen-bond donors (Lipinski definition) is 1. The molecule has 3 aromatic heterocycles. The van der Waals surface area contributed by atoms with Crippen LogP contribution in [0.25, 0.3) is 28.1 Å². The van der Waals surface area contributed by atoms with E-state index in [1.54, 1.807) is 11.8 Å². The van der Waals surface area contributed by atoms with Gasteiger partial charge in [-0.15, -0.1) is 10.2 Å². The van der Waals surface area contributed by atoms with Gasteiger partial charge in [0.2, 0.25) is 0 Å². The Bertz CT molecular complexity index is 1240. The van der Waals surface area contributed by atoms with E-state index in [1.165, 1.54) is 5.56 Å². The number of aromatic nitrogens is 4. The molecule has 1 saturated heterocycles. The zero-order valence-corrected chi connectivity index (χ0v) is 19.3. The lowest BCUT2D eigenvalue weighted by atomic mass is 10.1. The average Bonchev–Trinajstić information content (AvgIpc) is 3.44. The van der Waals surface area contributed by atoms with Gasteiger partial charge in [0.15, 0.2) is 11.5 Å². The molecule has 0 unspecified atom stereocenters. The Morgan fingerprint density at radius 1 is 1.19 bits per heavy atom. The fraction of sp³-hybridized carbons (Fsp3) is 0.375. The minimum atomic E-state index is 0.267. The summed E-state index contributed by atoms with van der Waals surface area (Å²) in [5.74, 6) is 2.53. The zero-order chi connectivity index (χ0) is 22.1. The maximum Gasteiger partial charge on any atom is 0.187 e. The first kappa shape index (κ1) is 21.2. The van der Waals surface area contributed by atoms with Crippen LogP contribution in [0.5, 0.6) is 5.75 Å². The van der Waals surface area contributed by atoms with Gasteiger partial charge in [0.05, 0.1) is 12.1 Å². The van der Waals surface area contributed by atoms with Crippen LogP contribution in [0.2, 0.25) is 0 Å². The van der Waals surface area contributed by atoms with Crippen molar-refractivity contribution in [1.82, 2.24) is 24.5 Å². The molecule has 4 heterocycles. The van der Waals surface area contributed by atoms with Crippen molar-refractivity contribution in [2.24, 2.45) is 5.73 Å². The predicted molar refractivity (Wildman–Crippen MR) is 130 cm³/mol. The van der Waals surface area contributed by atoms with Crippen molar-refractivity contribution < 1.29 is 4.74 Å². The zero-order valence-electron chi connectivity index (χ0n) is 18.4. The number of benzene rings is 1. The Hall–Kier alpha value is -2.68. The largest absolute Gasteiger partial charge is 0.493 e. The van der Waals surface area contributed by atoms with E-state index in [0.29, 0.717) is 6.61 Å². The van der Waals surface area contributed by atoms with Gasteiger partial charge in [-0.05, 0) is 49.4 Å². The molecule has 5 rings (SSSR count). The third-order valence-electron chi connectivity index (χ3n) is 6.16. The van der Waals surface area contributed by atoms with Crippen molar-refractivity contribution >= 4 is 28.3 Å². The summed E-state index contributed by atoms with van der Waals surface area (Å²) in [7, 11) is 0. The van der Waals surface area contributed by atoms with Crippen LogP contribution in [0.4, 0.5) is 0 Å². The van der Waals surface area contributed by atoms with Gasteiger partial charge in [0, 0.05) is 48.6 Å². The maximum absolute atomic E-state index is 6.12. The maximum atomic E-state index is 6.12. The van der Waals surface area contributed by atoms with E-state index in [2.05, 4.69) is 46.6 Å². The van der Waals surface area contributed by atoms with Crippen LogP contribution in [0.1, 0.15) is 24.9 Å². The average molecular weight is 449 g/mol. The van der Waals surface area contributed by atoms with Gasteiger partial charge in [0.25, 0.3) is 0 Å². The smallest absolute Gasteiger partial charge is 0.187 e. The molecule has 0 spiro atoms. The lowest BCUT2D eigenvalue weighted by Crippen LogP contribution is -2.28. The fourth-order valence-corrected chi connectivity index (χ4v) is 4.51. The summed E-state index contributed by atoms with van der Waals surface area (Å²) in [4.78, 5) is 7.32. The Labute approximate surface area is 192 Å². The lowest BCUT2D eigenvalue weighted by Gasteiger charge is -2.24. The molecular formula is C24H28N6OS. The van der Waals surface area contributed by atoms with Gasteiger partial charge in [0.1, 0.15) is 11.4 Å². The number of thioether (sulfide) groups is 1. The molecule has 2 atom stereocenters. The van der Waals surface area contributed by atoms with E-state index in [4.69, 9.17) is 15.5 Å². The monoisotopic (exact) mass is 448 g/mol. The summed E-state index contributed by atoms with van der Waals surface area (Å²) in [5.41, 5.74) is 9.83. The highest BCUT2D eigenvalue weighted by Crippen LogP contribution is 2.27. The number of nitrogens with zero attached hydrogens (tertiary/aromatic N) is 5. The molecular weight excluding hydrogens is 420 g/mol. The number of hydrogen-bond acceptors (Lipinski definition) is 7. The van der Waals surface area contributed by atoms with E-state index < -0.39 is 0 Å². The molecule has 1 aliphatic rings. The summed E-state index contributed by atoms with van der Waals surface area (Å²) in [6, 6.07) is 14.8. The van der Waals surface area contributed by atoms with Crippen molar-refractivity contribution in [3.05, 3.63) is 54.2 Å². The predicted octanol–water partition coefficient (Wildman–Crippen LogP) is 3.78. The second-order valence-electron chi connectivity index (χ2n) is 8.33. The van der Waals surface area contributed by atoms with Gasteiger partial charge in [-0.2, -0.15) is 11.8 Å². The van der Waals surface area contributed by atoms with Crippen LogP contribution in [0.3, 0.4) is 0 Å². The van der Waals surface area contributed by atoms with Gasteiger partial charge in [-0.25, -0.2) is 4.98 Å². The van der Waals surface area contributed by atoms with Crippen molar-refractivity contribution in [3.8, 4) is 17.3 Å². The Kier molecular flexibility index (Phi) is 5.99. The van der Waals surface area contributed by atoms with Crippen molar-refractivity contribution in [2.75, 3.05) is 31.7 Å². The summed E-state index contributed by atoms with van der Waals surface area (Å²) < 4.78 is 7.88. The standard InChI is InChI=1S/C24H28N6OS/c1-16(29-10-9-19(25)15-29)18-5-8-23-27-28-24(30(23)14-18)21-7-4-17-3-6-20(13-22(17)26-21)31-11-12-32-2/h3-8,13-14,16,19H,9-12,15,25H2,1-2H3/t16-,19-/m0/s1. The summed E-state index contributed by atoms with van der Waals surface area (Å²) in [5, 5.41) is 9.88. The van der Waals surface area contributed by atoms with Crippen molar-refractivity contribution in [1.29, 1.82) is 0 Å². The molecule has 1 fully saturated rings. The molecule has 0 amide bonds. The van der Waals surface area contributed by atoms with Crippen LogP contribution >= 0.6 is 11.8 Å². The number of nitrogens with two attached hydrogens (primary N) is 1. The highest BCUT2D eigenvalue weighted by Gasteiger charge is 2.25. The molecule has 8 heteroatoms. The molecule has 1 aromatic carbocycles. The number of ether oxygens (including phenoxy) is 1. The summed E-state index contributed by atoms with van der Waals surface area (Å²) in [6.07, 6.45) is 5.26. The molecule has 4 aromatic rings. The Balaban J connectivity index is 1.48. The number of rotatable bonds is 7. The molecule has 0 bridgehead atoms. The first-order valence-corrected chi connectivity index (χ1v) is 12.4. The van der Waals surface area contributed by atoms with Gasteiger partial charge >= 0.3 is 0 Å². The minimum Gasteiger partial charge on any atom is -0.493 e. The quantitative estimate of drug-likeness (QED) is 0.431. The van der Waals surface area contributed by atoms with Crippen LogP contribution in [-0.4, -0.2) is 62.2 Å². The van der Waals surface area contributed by atoms with Crippen LogP contribution in [0.15, 0.2) is 48.7 Å². The summed E-state index contributed by atoms with van der Waals surface area (Å²) in [6.45, 7) is 4.88. The van der Waals surface area contributed by atoms with E-state index in [1.807, 2.05) is 34.7 Å².